The number of sulfonamides is 1. The molecule has 8 heteroatoms. The summed E-state index contributed by atoms with van der Waals surface area (Å²) >= 11 is 0. The van der Waals surface area contributed by atoms with Crippen molar-refractivity contribution >= 4 is 21.6 Å². The van der Waals surface area contributed by atoms with E-state index in [0.717, 1.165) is 24.0 Å². The molecule has 1 aliphatic carbocycles. The van der Waals surface area contributed by atoms with Gasteiger partial charge in [-0.15, -0.1) is 0 Å². The number of fused-ring (bicyclic) bond motifs is 2. The number of amides is 1. The van der Waals surface area contributed by atoms with Crippen LogP contribution in [0.5, 0.6) is 5.75 Å². The first-order chi connectivity index (χ1) is 14.5. The van der Waals surface area contributed by atoms with E-state index in [0.29, 0.717) is 37.7 Å². The van der Waals surface area contributed by atoms with Crippen LogP contribution in [-0.2, 0) is 14.8 Å². The van der Waals surface area contributed by atoms with E-state index >= 15 is 0 Å². The lowest BCUT2D eigenvalue weighted by molar-refractivity contribution is -0.118. The van der Waals surface area contributed by atoms with E-state index in [4.69, 9.17) is 4.74 Å². The number of piperazine rings is 1. The number of hydrogen-bond acceptors (Lipinski definition) is 5. The van der Waals surface area contributed by atoms with Gasteiger partial charge in [-0.2, -0.15) is 4.31 Å². The van der Waals surface area contributed by atoms with Crippen molar-refractivity contribution in [3.8, 4) is 16.9 Å². The van der Waals surface area contributed by atoms with Crippen LogP contribution in [-0.4, -0.2) is 67.6 Å². The Hall–Kier alpha value is -2.42. The summed E-state index contributed by atoms with van der Waals surface area (Å²) in [5, 5.41) is 2.76. The molecule has 0 spiro atoms. The van der Waals surface area contributed by atoms with Gasteiger partial charge in [0.1, 0.15) is 12.4 Å². The maximum absolute atomic E-state index is 12.7. The van der Waals surface area contributed by atoms with Gasteiger partial charge < -0.3 is 10.1 Å². The van der Waals surface area contributed by atoms with Crippen molar-refractivity contribution in [2.45, 2.75) is 24.1 Å². The van der Waals surface area contributed by atoms with Crippen LogP contribution in [0, 0.1) is 0 Å². The Bertz CT molecular complexity index is 1050. The number of nitrogens with zero attached hydrogens (tertiary/aromatic N) is 2. The largest absolute Gasteiger partial charge is 0.490 e. The molecular weight excluding hydrogens is 402 g/mol. The molecule has 2 aromatic carbocycles. The average Bonchev–Trinajstić information content (AvgIpc) is 3.59. The Balaban J connectivity index is 1.39. The molecule has 1 atom stereocenters. The summed E-state index contributed by atoms with van der Waals surface area (Å²) in [5.74, 6) is 0.488. The third kappa shape index (κ3) is 3.82. The van der Waals surface area contributed by atoms with E-state index in [1.165, 1.54) is 0 Å². The Morgan fingerprint density at radius 1 is 1.00 bits per heavy atom. The van der Waals surface area contributed by atoms with Crippen LogP contribution in [0.15, 0.2) is 48.5 Å². The van der Waals surface area contributed by atoms with Crippen LogP contribution < -0.4 is 10.1 Å². The molecule has 1 saturated heterocycles. The van der Waals surface area contributed by atoms with Crippen molar-refractivity contribution in [1.82, 2.24) is 9.21 Å². The smallest absolute Gasteiger partial charge is 0.238 e. The number of rotatable bonds is 3. The molecule has 7 nitrogen and oxygen atoms in total. The third-order valence-corrected chi connectivity index (χ3v) is 8.38. The number of hydrogen-bond donors (Lipinski definition) is 1. The lowest BCUT2D eigenvalue weighted by Crippen LogP contribution is -2.58. The topological polar surface area (TPSA) is 79.0 Å². The van der Waals surface area contributed by atoms with Crippen LogP contribution in [0.25, 0.3) is 11.1 Å². The summed E-state index contributed by atoms with van der Waals surface area (Å²) in [6.07, 6.45) is 1.51. The van der Waals surface area contributed by atoms with Crippen LogP contribution in [0.1, 0.15) is 12.8 Å². The number of nitrogens with one attached hydrogen (secondary N) is 1. The minimum Gasteiger partial charge on any atom is -0.490 e. The first-order valence-corrected chi connectivity index (χ1v) is 11.9. The Morgan fingerprint density at radius 2 is 1.80 bits per heavy atom. The van der Waals surface area contributed by atoms with Crippen molar-refractivity contribution in [2.24, 2.45) is 0 Å². The molecule has 1 saturated carbocycles. The molecule has 0 aromatic heterocycles. The van der Waals surface area contributed by atoms with Gasteiger partial charge >= 0.3 is 0 Å². The first kappa shape index (κ1) is 19.5. The summed E-state index contributed by atoms with van der Waals surface area (Å²) < 4.78 is 33.0. The standard InChI is InChI=1S/C22H25N3O4S/c26-22-14-24-10-11-25(30(27,28)19-7-8-19)13-18(24)15-29-21-9-6-17(12-20(21)23-22)16-4-2-1-3-5-16/h1-6,9,12,18-19H,7-8,10-11,13-15H2,(H,23,26)/t18-/m0/s1. The van der Waals surface area contributed by atoms with Crippen molar-refractivity contribution in [3.63, 3.8) is 0 Å². The fourth-order valence-electron chi connectivity index (χ4n) is 4.16. The van der Waals surface area contributed by atoms with Gasteiger partial charge in [-0.05, 0) is 36.1 Å². The zero-order valence-corrected chi connectivity index (χ0v) is 17.5. The highest BCUT2D eigenvalue weighted by Gasteiger charge is 2.43. The van der Waals surface area contributed by atoms with Gasteiger partial charge in [-0.25, -0.2) is 8.42 Å². The van der Waals surface area contributed by atoms with E-state index in [1.807, 2.05) is 53.4 Å². The lowest BCUT2D eigenvalue weighted by atomic mass is 10.0. The van der Waals surface area contributed by atoms with E-state index in [1.54, 1.807) is 4.31 Å². The van der Waals surface area contributed by atoms with Gasteiger partial charge in [0.25, 0.3) is 0 Å². The average molecular weight is 428 g/mol. The first-order valence-electron chi connectivity index (χ1n) is 10.4. The molecule has 158 valence electrons. The second-order valence-electron chi connectivity index (χ2n) is 8.16. The van der Waals surface area contributed by atoms with Crippen molar-refractivity contribution in [2.75, 3.05) is 38.1 Å². The number of ether oxygens (including phenoxy) is 1. The van der Waals surface area contributed by atoms with Crippen molar-refractivity contribution in [1.29, 1.82) is 0 Å². The van der Waals surface area contributed by atoms with Crippen molar-refractivity contribution in [3.05, 3.63) is 48.5 Å². The quantitative estimate of drug-likeness (QED) is 0.812. The van der Waals surface area contributed by atoms with Crippen LogP contribution in [0.3, 0.4) is 0 Å². The predicted molar refractivity (Wildman–Crippen MR) is 115 cm³/mol. The van der Waals surface area contributed by atoms with Gasteiger partial charge in [0.15, 0.2) is 0 Å². The molecule has 1 N–H and O–H groups in total. The van der Waals surface area contributed by atoms with Gasteiger partial charge in [0.05, 0.1) is 23.5 Å². The minimum absolute atomic E-state index is 0.115. The van der Waals surface area contributed by atoms with Gasteiger partial charge in [-0.1, -0.05) is 36.4 Å². The molecule has 0 bridgehead atoms. The summed E-state index contributed by atoms with van der Waals surface area (Å²) in [6.45, 7) is 1.87. The van der Waals surface area contributed by atoms with Crippen LogP contribution in [0.2, 0.25) is 0 Å². The minimum atomic E-state index is -3.23. The highest BCUT2D eigenvalue weighted by molar-refractivity contribution is 7.90. The summed E-state index contributed by atoms with van der Waals surface area (Å²) in [5.41, 5.74) is 2.70. The highest BCUT2D eigenvalue weighted by Crippen LogP contribution is 2.34. The van der Waals surface area contributed by atoms with Crippen molar-refractivity contribution < 1.29 is 17.9 Å². The molecule has 3 aliphatic rings. The number of benzene rings is 2. The van der Waals surface area contributed by atoms with Gasteiger partial charge in [0.2, 0.25) is 15.9 Å². The summed E-state index contributed by atoms with van der Waals surface area (Å²) in [6, 6.07) is 15.6. The molecular formula is C22H25N3O4S. The predicted octanol–water partition coefficient (Wildman–Crippen LogP) is 2.16. The summed E-state index contributed by atoms with van der Waals surface area (Å²) in [7, 11) is -3.23. The lowest BCUT2D eigenvalue weighted by Gasteiger charge is -2.39. The molecule has 1 amide bonds. The normalized spacial score (nSPS) is 23.2. The van der Waals surface area contributed by atoms with E-state index < -0.39 is 10.0 Å². The fourth-order valence-corrected chi connectivity index (χ4v) is 6.03. The van der Waals surface area contributed by atoms with Crippen LogP contribution in [0.4, 0.5) is 5.69 Å². The molecule has 2 aliphatic heterocycles. The fraction of sp³-hybridized carbons (Fsp3) is 0.409. The van der Waals surface area contributed by atoms with Crippen LogP contribution >= 0.6 is 0 Å². The number of anilines is 1. The molecule has 0 radical (unpaired) electrons. The Kier molecular flexibility index (Phi) is 5.00. The maximum Gasteiger partial charge on any atom is 0.238 e. The number of carbonyl (C=O) groups excluding carboxylic acids is 1. The van der Waals surface area contributed by atoms with E-state index in [9.17, 15) is 13.2 Å². The summed E-state index contributed by atoms with van der Waals surface area (Å²) in [4.78, 5) is 14.7. The van der Waals surface area contributed by atoms with E-state index in [2.05, 4.69) is 5.32 Å². The molecule has 30 heavy (non-hydrogen) atoms. The third-order valence-electron chi connectivity index (χ3n) is 6.01. The molecule has 5 rings (SSSR count). The second-order valence-corrected chi connectivity index (χ2v) is 10.4. The van der Waals surface area contributed by atoms with E-state index in [-0.39, 0.29) is 23.7 Å². The number of carbonyl (C=O) groups is 1. The zero-order chi connectivity index (χ0) is 20.7. The molecule has 2 fully saturated rings. The monoisotopic (exact) mass is 427 g/mol. The van der Waals surface area contributed by atoms with Gasteiger partial charge in [-0.3, -0.25) is 9.69 Å². The molecule has 2 aromatic rings. The maximum atomic E-state index is 12.7. The molecule has 0 unspecified atom stereocenters. The Morgan fingerprint density at radius 3 is 2.57 bits per heavy atom. The SMILES string of the molecule is O=C1CN2CCN(S(=O)(=O)C3CC3)C[C@H]2COc2ccc(-c3ccccc3)cc2N1. The Labute approximate surface area is 176 Å². The zero-order valence-electron chi connectivity index (χ0n) is 16.7. The highest BCUT2D eigenvalue weighted by atomic mass is 32.2. The van der Waals surface area contributed by atoms with Gasteiger partial charge in [0, 0.05) is 19.6 Å². The second kappa shape index (κ2) is 7.68. The molecule has 2 heterocycles.